The number of rotatable bonds is 7. The Morgan fingerprint density at radius 3 is 2.77 bits per heavy atom. The SMILES string of the molecule is CC[C@@H](C(=O)NCCCN1CCCC1=O)n1c2ccccc2c2cnn(C)c(=O)c21. The van der Waals surface area contributed by atoms with Gasteiger partial charge < -0.3 is 14.8 Å². The standard InChI is InChI=1S/C22H27N5O3/c1-3-17(21(29)23-11-7-13-26-12-6-10-19(26)28)27-18-9-5-4-8-15(18)16-14-24-25(2)22(30)20(16)27/h4-5,8-9,14,17H,3,6-7,10-13H2,1-2H3,(H,23,29)/t17-/m0/s1. The molecule has 1 saturated heterocycles. The van der Waals surface area contributed by atoms with E-state index in [0.717, 1.165) is 29.3 Å². The minimum absolute atomic E-state index is 0.119. The number of hydrogen-bond donors (Lipinski definition) is 1. The Bertz CT molecular complexity index is 1160. The molecule has 8 nitrogen and oxygen atoms in total. The molecular formula is C22H27N5O3. The van der Waals surface area contributed by atoms with E-state index in [1.54, 1.807) is 13.2 Å². The van der Waals surface area contributed by atoms with Gasteiger partial charge in [0.1, 0.15) is 11.6 Å². The van der Waals surface area contributed by atoms with Gasteiger partial charge in [-0.05, 0) is 25.3 Å². The number of likely N-dealkylation sites (tertiary alicyclic amines) is 1. The fourth-order valence-electron chi connectivity index (χ4n) is 4.34. The second-order valence-electron chi connectivity index (χ2n) is 7.78. The molecule has 0 saturated carbocycles. The van der Waals surface area contributed by atoms with E-state index in [4.69, 9.17) is 0 Å². The van der Waals surface area contributed by atoms with E-state index in [2.05, 4.69) is 10.4 Å². The molecule has 1 atom stereocenters. The number of fused-ring (bicyclic) bond motifs is 3. The van der Waals surface area contributed by atoms with Gasteiger partial charge in [-0.1, -0.05) is 25.1 Å². The number of carbonyl (C=O) groups excluding carboxylic acids is 2. The highest BCUT2D eigenvalue weighted by Gasteiger charge is 2.25. The largest absolute Gasteiger partial charge is 0.354 e. The summed E-state index contributed by atoms with van der Waals surface area (Å²) in [5.41, 5.74) is 1.13. The molecule has 1 N–H and O–H groups in total. The quantitative estimate of drug-likeness (QED) is 0.604. The van der Waals surface area contributed by atoms with Crippen molar-refractivity contribution in [1.82, 2.24) is 24.6 Å². The first-order chi connectivity index (χ1) is 14.5. The summed E-state index contributed by atoms with van der Waals surface area (Å²) >= 11 is 0. The van der Waals surface area contributed by atoms with Crippen LogP contribution >= 0.6 is 0 Å². The lowest BCUT2D eigenvalue weighted by molar-refractivity contribution is -0.127. The van der Waals surface area contributed by atoms with Crippen molar-refractivity contribution in [3.05, 3.63) is 40.8 Å². The van der Waals surface area contributed by atoms with E-state index in [-0.39, 0.29) is 17.4 Å². The Kier molecular flexibility index (Phi) is 5.57. The summed E-state index contributed by atoms with van der Waals surface area (Å²) in [7, 11) is 1.62. The molecule has 4 rings (SSSR count). The second-order valence-corrected chi connectivity index (χ2v) is 7.78. The number of aromatic nitrogens is 3. The van der Waals surface area contributed by atoms with Crippen LogP contribution < -0.4 is 10.9 Å². The summed E-state index contributed by atoms with van der Waals surface area (Å²) < 4.78 is 3.16. The van der Waals surface area contributed by atoms with Crippen molar-refractivity contribution < 1.29 is 9.59 Å². The van der Waals surface area contributed by atoms with Crippen molar-refractivity contribution in [3.63, 3.8) is 0 Å². The summed E-state index contributed by atoms with van der Waals surface area (Å²) in [5.74, 6) is 0.0780. The van der Waals surface area contributed by atoms with Crippen molar-refractivity contribution >= 4 is 33.6 Å². The van der Waals surface area contributed by atoms with Gasteiger partial charge in [-0.15, -0.1) is 0 Å². The molecule has 1 aliphatic heterocycles. The third kappa shape index (κ3) is 3.46. The first-order valence-corrected chi connectivity index (χ1v) is 10.5. The highest BCUT2D eigenvalue weighted by molar-refractivity contribution is 6.08. The zero-order chi connectivity index (χ0) is 21.3. The normalized spacial score (nSPS) is 15.3. The third-order valence-electron chi connectivity index (χ3n) is 5.88. The molecule has 0 aliphatic carbocycles. The summed E-state index contributed by atoms with van der Waals surface area (Å²) in [5, 5.41) is 8.84. The fraction of sp³-hybridized carbons (Fsp3) is 0.455. The van der Waals surface area contributed by atoms with Crippen LogP contribution in [0.15, 0.2) is 35.3 Å². The van der Waals surface area contributed by atoms with Crippen LogP contribution in [-0.4, -0.2) is 50.7 Å². The number of hydrogen-bond acceptors (Lipinski definition) is 4. The van der Waals surface area contributed by atoms with Gasteiger partial charge in [-0.2, -0.15) is 5.10 Å². The second kappa shape index (κ2) is 8.30. The van der Waals surface area contributed by atoms with Crippen molar-refractivity contribution in [2.45, 2.75) is 38.6 Å². The Hall–Kier alpha value is -3.16. The summed E-state index contributed by atoms with van der Waals surface area (Å²) in [6.45, 7) is 3.91. The van der Waals surface area contributed by atoms with Crippen LogP contribution in [0.3, 0.4) is 0 Å². The van der Waals surface area contributed by atoms with E-state index >= 15 is 0 Å². The van der Waals surface area contributed by atoms with Crippen molar-refractivity contribution in [3.8, 4) is 0 Å². The minimum Gasteiger partial charge on any atom is -0.354 e. The minimum atomic E-state index is -0.504. The van der Waals surface area contributed by atoms with Crippen LogP contribution in [0, 0.1) is 0 Å². The molecule has 0 spiro atoms. The van der Waals surface area contributed by atoms with Gasteiger partial charge in [0.15, 0.2) is 0 Å². The maximum atomic E-state index is 13.1. The van der Waals surface area contributed by atoms with Gasteiger partial charge in [-0.3, -0.25) is 14.4 Å². The summed E-state index contributed by atoms with van der Waals surface area (Å²) in [4.78, 5) is 39.6. The van der Waals surface area contributed by atoms with Gasteiger partial charge in [0.05, 0.1) is 11.7 Å². The average molecular weight is 409 g/mol. The Morgan fingerprint density at radius 2 is 2.03 bits per heavy atom. The number of nitrogens with zero attached hydrogens (tertiary/aromatic N) is 4. The number of benzene rings is 1. The van der Waals surface area contributed by atoms with Crippen LogP contribution in [0.2, 0.25) is 0 Å². The molecule has 2 amide bonds. The number of carbonyl (C=O) groups is 2. The predicted octanol–water partition coefficient (Wildman–Crippen LogP) is 1.97. The van der Waals surface area contributed by atoms with Gasteiger partial charge in [0.25, 0.3) is 5.56 Å². The van der Waals surface area contributed by atoms with E-state index in [1.165, 1.54) is 4.68 Å². The lowest BCUT2D eigenvalue weighted by atomic mass is 10.2. The molecule has 8 heteroatoms. The lowest BCUT2D eigenvalue weighted by Gasteiger charge is -2.20. The smallest absolute Gasteiger partial charge is 0.291 e. The van der Waals surface area contributed by atoms with Gasteiger partial charge in [0, 0.05) is 43.9 Å². The van der Waals surface area contributed by atoms with Crippen molar-refractivity contribution in [1.29, 1.82) is 0 Å². The van der Waals surface area contributed by atoms with E-state index < -0.39 is 6.04 Å². The highest BCUT2D eigenvalue weighted by atomic mass is 16.2. The summed E-state index contributed by atoms with van der Waals surface area (Å²) in [6, 6.07) is 7.21. The first-order valence-electron chi connectivity index (χ1n) is 10.5. The highest BCUT2D eigenvalue weighted by Crippen LogP contribution is 2.30. The number of para-hydroxylation sites is 1. The number of amides is 2. The molecule has 1 aliphatic rings. The van der Waals surface area contributed by atoms with E-state index in [1.807, 2.05) is 40.7 Å². The van der Waals surface area contributed by atoms with E-state index in [9.17, 15) is 14.4 Å². The number of nitrogens with one attached hydrogen (secondary N) is 1. The predicted molar refractivity (Wildman–Crippen MR) is 115 cm³/mol. The molecule has 30 heavy (non-hydrogen) atoms. The monoisotopic (exact) mass is 409 g/mol. The van der Waals surface area contributed by atoms with Crippen LogP contribution in [0.25, 0.3) is 21.8 Å². The average Bonchev–Trinajstić information content (AvgIpc) is 3.30. The Balaban J connectivity index is 1.60. The first kappa shape index (κ1) is 20.1. The zero-order valence-corrected chi connectivity index (χ0v) is 17.4. The molecular weight excluding hydrogens is 382 g/mol. The van der Waals surface area contributed by atoms with Crippen LogP contribution in [-0.2, 0) is 16.6 Å². The molecule has 0 bridgehead atoms. The van der Waals surface area contributed by atoms with Gasteiger partial charge >= 0.3 is 0 Å². The molecule has 3 heterocycles. The zero-order valence-electron chi connectivity index (χ0n) is 17.4. The van der Waals surface area contributed by atoms with Crippen LogP contribution in [0.5, 0.6) is 0 Å². The van der Waals surface area contributed by atoms with Gasteiger partial charge in [0.2, 0.25) is 11.8 Å². The maximum Gasteiger partial charge on any atom is 0.291 e. The van der Waals surface area contributed by atoms with Crippen molar-refractivity contribution in [2.24, 2.45) is 7.05 Å². The van der Waals surface area contributed by atoms with Gasteiger partial charge in [-0.25, -0.2) is 4.68 Å². The van der Waals surface area contributed by atoms with Crippen molar-refractivity contribution in [2.75, 3.05) is 19.6 Å². The molecule has 158 valence electrons. The molecule has 2 aromatic heterocycles. The van der Waals surface area contributed by atoms with E-state index in [0.29, 0.717) is 37.9 Å². The number of aryl methyl sites for hydroxylation is 1. The third-order valence-corrected chi connectivity index (χ3v) is 5.88. The molecule has 1 fully saturated rings. The Labute approximate surface area is 174 Å². The molecule has 0 radical (unpaired) electrons. The topological polar surface area (TPSA) is 89.2 Å². The molecule has 0 unspecified atom stereocenters. The molecule has 3 aromatic rings. The molecule has 1 aromatic carbocycles. The van der Waals surface area contributed by atoms with Crippen LogP contribution in [0.1, 0.15) is 38.6 Å². The summed E-state index contributed by atoms with van der Waals surface area (Å²) in [6.07, 6.45) is 4.50. The fourth-order valence-corrected chi connectivity index (χ4v) is 4.34. The lowest BCUT2D eigenvalue weighted by Crippen LogP contribution is -2.35. The Morgan fingerprint density at radius 1 is 1.23 bits per heavy atom. The van der Waals surface area contributed by atoms with Crippen LogP contribution in [0.4, 0.5) is 0 Å². The maximum absolute atomic E-state index is 13.1.